The van der Waals surface area contributed by atoms with Gasteiger partial charge >= 0.3 is 0 Å². The molecular formula is C16H23F2N. The summed E-state index contributed by atoms with van der Waals surface area (Å²) in [5.41, 5.74) is 0.417. The van der Waals surface area contributed by atoms with Crippen molar-refractivity contribution in [1.82, 2.24) is 5.32 Å². The highest BCUT2D eigenvalue weighted by Gasteiger charge is 2.18. The summed E-state index contributed by atoms with van der Waals surface area (Å²) >= 11 is 0. The molecule has 1 fully saturated rings. The Kier molecular flexibility index (Phi) is 5.32. The Morgan fingerprint density at radius 2 is 1.84 bits per heavy atom. The average molecular weight is 267 g/mol. The van der Waals surface area contributed by atoms with Crippen molar-refractivity contribution in [3.63, 3.8) is 0 Å². The number of benzene rings is 1. The van der Waals surface area contributed by atoms with Crippen molar-refractivity contribution in [2.75, 3.05) is 0 Å². The van der Waals surface area contributed by atoms with Gasteiger partial charge < -0.3 is 5.32 Å². The van der Waals surface area contributed by atoms with Crippen molar-refractivity contribution in [2.24, 2.45) is 5.92 Å². The fourth-order valence-corrected chi connectivity index (χ4v) is 2.93. The average Bonchev–Trinajstić information content (AvgIpc) is 2.68. The minimum Gasteiger partial charge on any atom is -0.310 e. The van der Waals surface area contributed by atoms with Crippen molar-refractivity contribution in [3.8, 4) is 0 Å². The van der Waals surface area contributed by atoms with Gasteiger partial charge in [-0.3, -0.25) is 0 Å². The van der Waals surface area contributed by atoms with Crippen molar-refractivity contribution in [1.29, 1.82) is 0 Å². The second-order valence-electron chi connectivity index (χ2n) is 5.66. The first-order chi connectivity index (χ1) is 9.16. The maximum absolute atomic E-state index is 13.5. The highest BCUT2D eigenvalue weighted by atomic mass is 19.1. The Labute approximate surface area is 114 Å². The van der Waals surface area contributed by atoms with Crippen LogP contribution in [-0.2, 0) is 6.54 Å². The molecule has 1 aromatic rings. The summed E-state index contributed by atoms with van der Waals surface area (Å²) in [6, 6.07) is 4.00. The molecule has 0 radical (unpaired) electrons. The summed E-state index contributed by atoms with van der Waals surface area (Å²) in [5.74, 6) is -0.0404. The van der Waals surface area contributed by atoms with E-state index in [1.807, 2.05) is 0 Å². The lowest BCUT2D eigenvalue weighted by atomic mass is 9.93. The lowest BCUT2D eigenvalue weighted by Gasteiger charge is -2.23. The summed E-state index contributed by atoms with van der Waals surface area (Å²) in [6.07, 6.45) is 7.76. The van der Waals surface area contributed by atoms with Crippen molar-refractivity contribution in [2.45, 2.75) is 58.0 Å². The SMILES string of the molecule is C[C@H](NCc1cc(F)ccc1F)C1CCCCCC1. The van der Waals surface area contributed by atoms with Gasteiger partial charge in [-0.15, -0.1) is 0 Å². The molecule has 1 nitrogen and oxygen atoms in total. The second-order valence-corrected chi connectivity index (χ2v) is 5.66. The van der Waals surface area contributed by atoms with E-state index in [2.05, 4.69) is 12.2 Å². The Hall–Kier alpha value is -0.960. The molecule has 1 aromatic carbocycles. The van der Waals surface area contributed by atoms with Crippen LogP contribution in [0, 0.1) is 17.6 Å². The number of rotatable bonds is 4. The molecule has 0 heterocycles. The molecule has 1 N–H and O–H groups in total. The molecular weight excluding hydrogens is 244 g/mol. The van der Waals surface area contributed by atoms with Gasteiger partial charge in [-0.05, 0) is 43.9 Å². The van der Waals surface area contributed by atoms with Gasteiger partial charge in [0.05, 0.1) is 0 Å². The Bertz CT molecular complexity index is 398. The fraction of sp³-hybridized carbons (Fsp3) is 0.625. The van der Waals surface area contributed by atoms with E-state index < -0.39 is 0 Å². The number of nitrogens with one attached hydrogen (secondary N) is 1. The van der Waals surface area contributed by atoms with Gasteiger partial charge in [-0.2, -0.15) is 0 Å². The van der Waals surface area contributed by atoms with E-state index in [1.54, 1.807) is 0 Å². The predicted molar refractivity (Wildman–Crippen MR) is 73.9 cm³/mol. The molecule has 1 aliphatic carbocycles. The monoisotopic (exact) mass is 267 g/mol. The maximum Gasteiger partial charge on any atom is 0.127 e. The number of halogens is 2. The first kappa shape index (κ1) is 14.4. The Morgan fingerprint density at radius 3 is 2.53 bits per heavy atom. The fourth-order valence-electron chi connectivity index (χ4n) is 2.93. The first-order valence-electron chi connectivity index (χ1n) is 7.34. The smallest absolute Gasteiger partial charge is 0.127 e. The van der Waals surface area contributed by atoms with E-state index in [0.717, 1.165) is 6.07 Å². The van der Waals surface area contributed by atoms with Crippen LogP contribution >= 0.6 is 0 Å². The van der Waals surface area contributed by atoms with Gasteiger partial charge in [-0.25, -0.2) is 8.78 Å². The molecule has 1 atom stereocenters. The van der Waals surface area contributed by atoms with Gasteiger partial charge in [0.25, 0.3) is 0 Å². The summed E-state index contributed by atoms with van der Waals surface area (Å²) in [4.78, 5) is 0. The second kappa shape index (κ2) is 6.99. The quantitative estimate of drug-likeness (QED) is 0.797. The first-order valence-corrected chi connectivity index (χ1v) is 7.34. The normalized spacial score (nSPS) is 19.1. The van der Waals surface area contributed by atoms with Gasteiger partial charge in [0.2, 0.25) is 0 Å². The molecule has 19 heavy (non-hydrogen) atoms. The third-order valence-corrected chi connectivity index (χ3v) is 4.23. The molecule has 3 heteroatoms. The molecule has 0 spiro atoms. The molecule has 0 aliphatic heterocycles. The number of hydrogen-bond donors (Lipinski definition) is 1. The van der Waals surface area contributed by atoms with Crippen LogP contribution in [0.4, 0.5) is 8.78 Å². The van der Waals surface area contributed by atoms with E-state index in [-0.39, 0.29) is 11.6 Å². The van der Waals surface area contributed by atoms with Crippen molar-refractivity contribution < 1.29 is 8.78 Å². The summed E-state index contributed by atoms with van der Waals surface area (Å²) in [7, 11) is 0. The molecule has 1 saturated carbocycles. The largest absolute Gasteiger partial charge is 0.310 e. The van der Waals surface area contributed by atoms with Crippen LogP contribution in [0.5, 0.6) is 0 Å². The van der Waals surface area contributed by atoms with Crippen LogP contribution in [-0.4, -0.2) is 6.04 Å². The Morgan fingerprint density at radius 1 is 1.16 bits per heavy atom. The van der Waals surface area contributed by atoms with E-state index in [4.69, 9.17) is 0 Å². The zero-order valence-electron chi connectivity index (χ0n) is 11.6. The van der Waals surface area contributed by atoms with Crippen LogP contribution in [0.3, 0.4) is 0 Å². The van der Waals surface area contributed by atoms with Crippen molar-refractivity contribution in [3.05, 3.63) is 35.4 Å². The van der Waals surface area contributed by atoms with Gasteiger partial charge in [0.15, 0.2) is 0 Å². The highest BCUT2D eigenvalue weighted by Crippen LogP contribution is 2.25. The third-order valence-electron chi connectivity index (χ3n) is 4.23. The van der Waals surface area contributed by atoms with Crippen LogP contribution < -0.4 is 5.32 Å². The summed E-state index contributed by atoms with van der Waals surface area (Å²) in [5, 5.41) is 3.36. The van der Waals surface area contributed by atoms with Crippen LogP contribution in [0.2, 0.25) is 0 Å². The molecule has 0 bridgehead atoms. The minimum atomic E-state index is -0.375. The Balaban J connectivity index is 1.88. The van der Waals surface area contributed by atoms with Crippen molar-refractivity contribution >= 4 is 0 Å². The standard InChI is InChI=1S/C16H23F2N/c1-12(13-6-4-2-3-5-7-13)19-11-14-10-15(17)8-9-16(14)18/h8-10,12-13,19H,2-7,11H2,1H3/t12-/m0/s1. The molecule has 1 aliphatic rings. The zero-order valence-corrected chi connectivity index (χ0v) is 11.6. The van der Waals surface area contributed by atoms with E-state index in [9.17, 15) is 8.78 Å². The van der Waals surface area contributed by atoms with Crippen LogP contribution in [0.1, 0.15) is 51.0 Å². The topological polar surface area (TPSA) is 12.0 Å². The third kappa shape index (κ3) is 4.27. The van der Waals surface area contributed by atoms with E-state index >= 15 is 0 Å². The molecule has 0 unspecified atom stereocenters. The lowest BCUT2D eigenvalue weighted by Crippen LogP contribution is -2.33. The molecule has 0 aromatic heterocycles. The highest BCUT2D eigenvalue weighted by molar-refractivity contribution is 5.18. The van der Waals surface area contributed by atoms with Gasteiger partial charge in [0, 0.05) is 18.2 Å². The lowest BCUT2D eigenvalue weighted by molar-refractivity contribution is 0.335. The van der Waals surface area contributed by atoms with Crippen LogP contribution in [0.25, 0.3) is 0 Å². The minimum absolute atomic E-state index is 0.332. The number of hydrogen-bond acceptors (Lipinski definition) is 1. The molecule has 0 saturated heterocycles. The van der Waals surface area contributed by atoms with E-state index in [1.165, 1.54) is 50.7 Å². The van der Waals surface area contributed by atoms with Gasteiger partial charge in [-0.1, -0.05) is 25.7 Å². The van der Waals surface area contributed by atoms with Crippen LogP contribution in [0.15, 0.2) is 18.2 Å². The van der Waals surface area contributed by atoms with E-state index in [0.29, 0.717) is 24.1 Å². The summed E-state index contributed by atoms with van der Waals surface area (Å²) < 4.78 is 26.6. The molecule has 2 rings (SSSR count). The predicted octanol–water partition coefficient (Wildman–Crippen LogP) is 4.41. The molecule has 106 valence electrons. The maximum atomic E-state index is 13.5. The summed E-state index contributed by atoms with van der Waals surface area (Å²) in [6.45, 7) is 2.56. The molecule has 0 amide bonds. The van der Waals surface area contributed by atoms with Gasteiger partial charge in [0.1, 0.15) is 11.6 Å². The zero-order chi connectivity index (χ0) is 13.7.